The highest BCUT2D eigenvalue weighted by Crippen LogP contribution is 2.30. The van der Waals surface area contributed by atoms with Gasteiger partial charge in [-0.25, -0.2) is 18.4 Å². The number of hydrogen-bond donors (Lipinski definition) is 1. The first-order valence-electron chi connectivity index (χ1n) is 10.3. The molecule has 2 aliphatic heterocycles. The number of hydrogen-bond acceptors (Lipinski definition) is 7. The van der Waals surface area contributed by atoms with Gasteiger partial charge in [0.15, 0.2) is 0 Å². The molecular weight excluding hydrogens is 461 g/mol. The molecule has 1 aromatic heterocycles. The van der Waals surface area contributed by atoms with Crippen molar-refractivity contribution in [3.8, 4) is 0 Å². The monoisotopic (exact) mass is 484 g/mol. The third kappa shape index (κ3) is 4.80. The van der Waals surface area contributed by atoms with Gasteiger partial charge in [-0.15, -0.1) is 0 Å². The maximum absolute atomic E-state index is 13.1. The van der Waals surface area contributed by atoms with Crippen LogP contribution in [0.25, 0.3) is 0 Å². The maximum atomic E-state index is 13.1. The molecule has 2 aromatic rings. The highest BCUT2D eigenvalue weighted by atomic mass is 32.2. The summed E-state index contributed by atoms with van der Waals surface area (Å²) in [5.41, 5.74) is 5.53. The average Bonchev–Trinajstić information content (AvgIpc) is 3.11. The lowest BCUT2D eigenvalue weighted by molar-refractivity contribution is -0.141. The Balaban J connectivity index is 1.45. The molecule has 178 valence electrons. The van der Waals surface area contributed by atoms with Gasteiger partial charge in [-0.2, -0.15) is 17.5 Å². The number of carbonyl (C=O) groups is 1. The first kappa shape index (κ1) is 23.4. The van der Waals surface area contributed by atoms with E-state index >= 15 is 0 Å². The summed E-state index contributed by atoms with van der Waals surface area (Å²) in [7, 11) is -3.81. The van der Waals surface area contributed by atoms with Gasteiger partial charge in [0.25, 0.3) is 0 Å². The summed E-state index contributed by atoms with van der Waals surface area (Å²) in [6.45, 7) is 2.28. The highest BCUT2D eigenvalue weighted by molar-refractivity contribution is 7.89. The molecule has 1 unspecified atom stereocenters. The summed E-state index contributed by atoms with van der Waals surface area (Å²) in [6.07, 6.45) is -4.34. The summed E-state index contributed by atoms with van der Waals surface area (Å²) in [6, 6.07) is 6.64. The Labute approximate surface area is 189 Å². The van der Waals surface area contributed by atoms with Crippen LogP contribution in [-0.4, -0.2) is 67.4 Å². The number of rotatable bonds is 4. The van der Waals surface area contributed by atoms with E-state index in [0.717, 1.165) is 6.07 Å². The third-order valence-electron chi connectivity index (χ3n) is 5.60. The van der Waals surface area contributed by atoms with Crippen LogP contribution in [-0.2, 0) is 21.0 Å². The Morgan fingerprint density at radius 3 is 2.24 bits per heavy atom. The number of sulfonamides is 1. The smallest absolute Gasteiger partial charge is 0.338 e. The molecule has 1 atom stereocenters. The number of piperazine rings is 1. The number of aryl methyl sites for hydroxylation is 1. The van der Waals surface area contributed by atoms with Gasteiger partial charge in [-0.05, 0) is 37.3 Å². The van der Waals surface area contributed by atoms with E-state index in [4.69, 9.17) is 5.73 Å². The first-order valence-corrected chi connectivity index (χ1v) is 11.7. The topological polar surface area (TPSA) is 113 Å². The van der Waals surface area contributed by atoms with Crippen LogP contribution >= 0.6 is 0 Å². The molecule has 13 heteroatoms. The van der Waals surface area contributed by atoms with E-state index in [1.54, 1.807) is 17.0 Å². The first-order chi connectivity index (χ1) is 15.4. The van der Waals surface area contributed by atoms with Crippen molar-refractivity contribution >= 4 is 27.6 Å². The molecule has 2 N–H and O–H groups in total. The van der Waals surface area contributed by atoms with Gasteiger partial charge in [0.05, 0.1) is 4.90 Å². The summed E-state index contributed by atoms with van der Waals surface area (Å²) in [4.78, 5) is 22.8. The number of anilines is 2. The molecule has 0 spiro atoms. The summed E-state index contributed by atoms with van der Waals surface area (Å²) in [5.74, 6) is -0.182. The van der Waals surface area contributed by atoms with Gasteiger partial charge < -0.3 is 15.5 Å². The Morgan fingerprint density at radius 2 is 1.70 bits per heavy atom. The number of aromatic nitrogens is 2. The molecule has 0 radical (unpaired) electrons. The van der Waals surface area contributed by atoms with Crippen LogP contribution in [0.4, 0.5) is 24.8 Å². The molecule has 0 bridgehead atoms. The predicted octanol–water partition coefficient (Wildman–Crippen LogP) is 1.38. The average molecular weight is 485 g/mol. The molecule has 2 saturated heterocycles. The zero-order valence-corrected chi connectivity index (χ0v) is 18.6. The molecule has 0 saturated carbocycles. The van der Waals surface area contributed by atoms with Gasteiger partial charge >= 0.3 is 6.18 Å². The number of nitrogens with zero attached hydrogens (tertiary/aromatic N) is 5. The van der Waals surface area contributed by atoms with E-state index in [1.165, 1.54) is 28.3 Å². The number of carbonyl (C=O) groups excluding carboxylic acids is 1. The maximum Gasteiger partial charge on any atom is 0.433 e. The Hall–Kier alpha value is -2.77. The molecule has 3 heterocycles. The molecular formula is C20H23F3N6O3S. The van der Waals surface area contributed by atoms with E-state index < -0.39 is 21.9 Å². The SMILES string of the molecule is Cc1cc(C(F)(F)F)nc(N2CCN(S(=O)(=O)c3ccc(N4CC(N)CC4=O)cc3)CC2)n1. The minimum atomic E-state index is -4.59. The van der Waals surface area contributed by atoms with Crippen molar-refractivity contribution in [2.45, 2.75) is 30.5 Å². The fourth-order valence-corrected chi connectivity index (χ4v) is 5.32. The molecule has 1 amide bonds. The van der Waals surface area contributed by atoms with Gasteiger partial charge in [-0.1, -0.05) is 0 Å². The van der Waals surface area contributed by atoms with Crippen LogP contribution in [0.3, 0.4) is 0 Å². The predicted molar refractivity (Wildman–Crippen MR) is 114 cm³/mol. The fraction of sp³-hybridized carbons (Fsp3) is 0.450. The van der Waals surface area contributed by atoms with Crippen molar-refractivity contribution in [3.05, 3.63) is 41.7 Å². The Morgan fingerprint density at radius 1 is 1.06 bits per heavy atom. The van der Waals surface area contributed by atoms with E-state index in [2.05, 4.69) is 9.97 Å². The van der Waals surface area contributed by atoms with Crippen molar-refractivity contribution in [3.63, 3.8) is 0 Å². The second-order valence-corrected chi connectivity index (χ2v) is 9.98. The van der Waals surface area contributed by atoms with E-state index in [1.807, 2.05) is 0 Å². The lowest BCUT2D eigenvalue weighted by Gasteiger charge is -2.34. The second-order valence-electron chi connectivity index (χ2n) is 8.05. The molecule has 4 rings (SSSR count). The third-order valence-corrected chi connectivity index (χ3v) is 7.51. The lowest BCUT2D eigenvalue weighted by Crippen LogP contribution is -2.49. The number of nitrogens with two attached hydrogens (primary N) is 1. The second kappa shape index (κ2) is 8.54. The quantitative estimate of drug-likeness (QED) is 0.698. The summed E-state index contributed by atoms with van der Waals surface area (Å²) >= 11 is 0. The zero-order chi connectivity index (χ0) is 24.0. The number of amides is 1. The van der Waals surface area contributed by atoms with Gasteiger partial charge in [0.2, 0.25) is 21.9 Å². The Bertz CT molecular complexity index is 1150. The van der Waals surface area contributed by atoms with Crippen molar-refractivity contribution in [2.75, 3.05) is 42.5 Å². The van der Waals surface area contributed by atoms with Crippen molar-refractivity contribution in [1.29, 1.82) is 0 Å². The molecule has 0 aliphatic carbocycles. The fourth-order valence-electron chi connectivity index (χ4n) is 3.90. The van der Waals surface area contributed by atoms with Crippen molar-refractivity contribution < 1.29 is 26.4 Å². The van der Waals surface area contributed by atoms with Gasteiger partial charge in [-0.3, -0.25) is 4.79 Å². The van der Waals surface area contributed by atoms with Crippen molar-refractivity contribution in [1.82, 2.24) is 14.3 Å². The van der Waals surface area contributed by atoms with E-state index in [0.29, 0.717) is 12.2 Å². The molecule has 1 aromatic carbocycles. The normalized spacial score (nSPS) is 20.5. The van der Waals surface area contributed by atoms with Crippen molar-refractivity contribution in [2.24, 2.45) is 5.73 Å². The zero-order valence-electron chi connectivity index (χ0n) is 17.8. The van der Waals surface area contributed by atoms with Gasteiger partial charge in [0, 0.05) is 56.6 Å². The van der Waals surface area contributed by atoms with Crippen LogP contribution in [0.2, 0.25) is 0 Å². The molecule has 33 heavy (non-hydrogen) atoms. The largest absolute Gasteiger partial charge is 0.433 e. The minimum absolute atomic E-state index is 0.0711. The van der Waals surface area contributed by atoms with E-state index in [-0.39, 0.29) is 61.1 Å². The standard InChI is InChI=1S/C20H23F3N6O3S/c1-13-10-17(20(21,22)23)26-19(25-13)27-6-8-28(9-7-27)33(31,32)16-4-2-15(3-5-16)29-12-14(24)11-18(29)30/h2-5,10,14H,6-9,11-12,24H2,1H3. The van der Waals surface area contributed by atoms with Crippen LogP contribution in [0.1, 0.15) is 17.8 Å². The van der Waals surface area contributed by atoms with Crippen LogP contribution < -0.4 is 15.5 Å². The lowest BCUT2D eigenvalue weighted by atomic mass is 10.3. The Kier molecular flexibility index (Phi) is 6.05. The molecule has 2 aliphatic rings. The van der Waals surface area contributed by atoms with Crippen LogP contribution in [0.15, 0.2) is 35.2 Å². The number of halogens is 3. The number of benzene rings is 1. The van der Waals surface area contributed by atoms with Crippen LogP contribution in [0.5, 0.6) is 0 Å². The summed E-state index contributed by atoms with van der Waals surface area (Å²) < 4.78 is 66.6. The summed E-state index contributed by atoms with van der Waals surface area (Å²) in [5, 5.41) is 0. The highest BCUT2D eigenvalue weighted by Gasteiger charge is 2.35. The van der Waals surface area contributed by atoms with Crippen LogP contribution in [0, 0.1) is 6.92 Å². The molecule has 2 fully saturated rings. The van der Waals surface area contributed by atoms with E-state index in [9.17, 15) is 26.4 Å². The minimum Gasteiger partial charge on any atom is -0.338 e. The van der Waals surface area contributed by atoms with Gasteiger partial charge in [0.1, 0.15) is 5.69 Å². The molecule has 9 nitrogen and oxygen atoms in total. The number of alkyl halides is 3.